The molecule has 0 bridgehead atoms. The highest BCUT2D eigenvalue weighted by Crippen LogP contribution is 2.36. The van der Waals surface area contributed by atoms with Crippen LogP contribution in [0.15, 0.2) is 36.4 Å². The summed E-state index contributed by atoms with van der Waals surface area (Å²) in [7, 11) is 2.00. The summed E-state index contributed by atoms with van der Waals surface area (Å²) in [5, 5.41) is 5.18. The smallest absolute Gasteiger partial charge is 0.131 e. The molecule has 100 valence electrons. The molecule has 1 aliphatic rings. The molecule has 1 aliphatic carbocycles. The maximum absolute atomic E-state index is 13.9. The molecule has 0 heterocycles. The molecule has 1 atom stereocenters. The van der Waals surface area contributed by atoms with Crippen molar-refractivity contribution >= 4 is 10.8 Å². The van der Waals surface area contributed by atoms with E-state index < -0.39 is 0 Å². The lowest BCUT2D eigenvalue weighted by Crippen LogP contribution is -2.23. The van der Waals surface area contributed by atoms with E-state index >= 15 is 0 Å². The van der Waals surface area contributed by atoms with Crippen LogP contribution < -0.4 is 5.32 Å². The Balaban J connectivity index is 2.00. The predicted octanol–water partition coefficient (Wildman–Crippen LogP) is 4.43. The molecule has 2 aromatic carbocycles. The second kappa shape index (κ2) is 5.30. The average Bonchev–Trinajstić information content (AvgIpc) is 2.40. The number of hydrogen-bond donors (Lipinski definition) is 1. The Hall–Kier alpha value is -1.41. The van der Waals surface area contributed by atoms with Gasteiger partial charge in [0.05, 0.1) is 0 Å². The largest absolute Gasteiger partial charge is 0.313 e. The number of fused-ring (bicyclic) bond motifs is 1. The van der Waals surface area contributed by atoms with Gasteiger partial charge in [-0.05, 0) is 36.4 Å². The van der Waals surface area contributed by atoms with Crippen LogP contribution >= 0.6 is 0 Å². The van der Waals surface area contributed by atoms with Gasteiger partial charge in [0.2, 0.25) is 0 Å². The van der Waals surface area contributed by atoms with Gasteiger partial charge in [-0.25, -0.2) is 4.39 Å². The second-order valence-corrected chi connectivity index (χ2v) is 5.56. The van der Waals surface area contributed by atoms with Gasteiger partial charge < -0.3 is 5.32 Å². The van der Waals surface area contributed by atoms with E-state index in [2.05, 4.69) is 5.32 Å². The van der Waals surface area contributed by atoms with E-state index in [4.69, 9.17) is 0 Å². The highest BCUT2D eigenvalue weighted by Gasteiger charge is 2.23. The van der Waals surface area contributed by atoms with Crippen molar-refractivity contribution in [3.05, 3.63) is 47.8 Å². The summed E-state index contributed by atoms with van der Waals surface area (Å²) in [6.07, 6.45) is 5.21. The molecule has 1 saturated carbocycles. The van der Waals surface area contributed by atoms with Crippen LogP contribution in [0, 0.1) is 11.7 Å². The fourth-order valence-corrected chi connectivity index (χ4v) is 3.05. The first-order valence-electron chi connectivity index (χ1n) is 7.14. The molecule has 1 unspecified atom stereocenters. The molecule has 1 nitrogen and oxygen atoms in total. The van der Waals surface area contributed by atoms with Gasteiger partial charge in [0, 0.05) is 11.4 Å². The van der Waals surface area contributed by atoms with Crippen LogP contribution in [0.25, 0.3) is 10.8 Å². The van der Waals surface area contributed by atoms with E-state index in [1.54, 1.807) is 6.07 Å². The Morgan fingerprint density at radius 3 is 2.53 bits per heavy atom. The van der Waals surface area contributed by atoms with E-state index in [1.165, 1.54) is 24.8 Å². The Labute approximate surface area is 113 Å². The summed E-state index contributed by atoms with van der Waals surface area (Å²) in [4.78, 5) is 0. The molecule has 2 heteroatoms. The summed E-state index contributed by atoms with van der Waals surface area (Å²) < 4.78 is 13.9. The van der Waals surface area contributed by atoms with Gasteiger partial charge in [0.1, 0.15) is 5.82 Å². The Kier molecular flexibility index (Phi) is 3.52. The zero-order chi connectivity index (χ0) is 13.2. The van der Waals surface area contributed by atoms with Crippen LogP contribution in [0.4, 0.5) is 4.39 Å². The van der Waals surface area contributed by atoms with Gasteiger partial charge >= 0.3 is 0 Å². The fraction of sp³-hybridized carbons (Fsp3) is 0.412. The van der Waals surface area contributed by atoms with E-state index in [0.717, 1.165) is 23.1 Å². The summed E-state index contributed by atoms with van der Waals surface area (Å²) in [6, 6.07) is 11.6. The molecule has 0 aliphatic heterocycles. The van der Waals surface area contributed by atoms with Crippen molar-refractivity contribution in [3.63, 3.8) is 0 Å². The van der Waals surface area contributed by atoms with Crippen LogP contribution in [0.5, 0.6) is 0 Å². The highest BCUT2D eigenvalue weighted by molar-refractivity contribution is 5.86. The van der Waals surface area contributed by atoms with E-state index in [9.17, 15) is 4.39 Å². The first-order chi connectivity index (χ1) is 9.29. The average molecular weight is 257 g/mol. The molecule has 3 rings (SSSR count). The van der Waals surface area contributed by atoms with Crippen molar-refractivity contribution in [3.8, 4) is 0 Å². The molecule has 0 aromatic heterocycles. The number of halogens is 1. The lowest BCUT2D eigenvalue weighted by molar-refractivity contribution is 0.266. The maximum Gasteiger partial charge on any atom is 0.131 e. The molecule has 0 saturated heterocycles. The molecule has 0 radical (unpaired) electrons. The minimum absolute atomic E-state index is 0.127. The van der Waals surface area contributed by atoms with Crippen molar-refractivity contribution < 1.29 is 4.39 Å². The third kappa shape index (κ3) is 2.37. The van der Waals surface area contributed by atoms with Crippen LogP contribution in [0.2, 0.25) is 0 Å². The Bertz CT molecular complexity index is 574. The molecular formula is C17H20FN. The third-order valence-electron chi connectivity index (χ3n) is 4.42. The van der Waals surface area contributed by atoms with Crippen molar-refractivity contribution in [2.75, 3.05) is 7.05 Å². The minimum atomic E-state index is -0.127. The van der Waals surface area contributed by atoms with E-state index in [-0.39, 0.29) is 5.82 Å². The molecule has 2 aromatic rings. The number of nitrogens with one attached hydrogen (secondary N) is 1. The van der Waals surface area contributed by atoms with Crippen molar-refractivity contribution in [2.24, 2.45) is 5.92 Å². The first-order valence-corrected chi connectivity index (χ1v) is 7.14. The van der Waals surface area contributed by atoms with Gasteiger partial charge in [0.15, 0.2) is 0 Å². The standard InChI is InChI=1S/C17H20FN/c1-19-17(11-12-5-4-6-12)15-9-10-16(18)14-8-3-2-7-13(14)15/h2-3,7-10,12,17,19H,4-6,11H2,1H3. The summed E-state index contributed by atoms with van der Waals surface area (Å²) in [6.45, 7) is 0. The molecule has 0 spiro atoms. The molecule has 1 N–H and O–H groups in total. The molecule has 0 amide bonds. The fourth-order valence-electron chi connectivity index (χ4n) is 3.05. The van der Waals surface area contributed by atoms with Crippen LogP contribution in [0.3, 0.4) is 0 Å². The van der Waals surface area contributed by atoms with Gasteiger partial charge in [0.25, 0.3) is 0 Å². The normalized spacial score (nSPS) is 17.4. The van der Waals surface area contributed by atoms with Gasteiger partial charge in [-0.1, -0.05) is 49.6 Å². The second-order valence-electron chi connectivity index (χ2n) is 5.56. The summed E-state index contributed by atoms with van der Waals surface area (Å²) >= 11 is 0. The van der Waals surface area contributed by atoms with Crippen molar-refractivity contribution in [1.29, 1.82) is 0 Å². The lowest BCUT2D eigenvalue weighted by atomic mass is 9.79. The van der Waals surface area contributed by atoms with Crippen LogP contribution in [-0.4, -0.2) is 7.05 Å². The SMILES string of the molecule is CNC(CC1CCC1)c1ccc(F)c2ccccc12. The summed E-state index contributed by atoms with van der Waals surface area (Å²) in [5.41, 5.74) is 1.23. The number of rotatable bonds is 4. The third-order valence-corrected chi connectivity index (χ3v) is 4.42. The van der Waals surface area contributed by atoms with Crippen LogP contribution in [0.1, 0.15) is 37.3 Å². The zero-order valence-corrected chi connectivity index (χ0v) is 11.3. The van der Waals surface area contributed by atoms with Gasteiger partial charge in [-0.3, -0.25) is 0 Å². The predicted molar refractivity (Wildman–Crippen MR) is 77.7 cm³/mol. The number of hydrogen-bond acceptors (Lipinski definition) is 1. The van der Waals surface area contributed by atoms with Crippen LogP contribution in [-0.2, 0) is 0 Å². The molecule has 1 fully saturated rings. The monoisotopic (exact) mass is 257 g/mol. The summed E-state index contributed by atoms with van der Waals surface area (Å²) in [5.74, 6) is 0.708. The molecule has 19 heavy (non-hydrogen) atoms. The number of benzene rings is 2. The first kappa shape index (κ1) is 12.6. The van der Waals surface area contributed by atoms with E-state index in [0.29, 0.717) is 6.04 Å². The van der Waals surface area contributed by atoms with Gasteiger partial charge in [-0.15, -0.1) is 0 Å². The topological polar surface area (TPSA) is 12.0 Å². The zero-order valence-electron chi connectivity index (χ0n) is 11.3. The Morgan fingerprint density at radius 2 is 1.89 bits per heavy atom. The van der Waals surface area contributed by atoms with Crippen molar-refractivity contribution in [1.82, 2.24) is 5.32 Å². The maximum atomic E-state index is 13.9. The lowest BCUT2D eigenvalue weighted by Gasteiger charge is -2.30. The quantitative estimate of drug-likeness (QED) is 0.854. The van der Waals surface area contributed by atoms with Gasteiger partial charge in [-0.2, -0.15) is 0 Å². The minimum Gasteiger partial charge on any atom is -0.313 e. The molecular weight excluding hydrogens is 237 g/mol. The van der Waals surface area contributed by atoms with Crippen molar-refractivity contribution in [2.45, 2.75) is 31.7 Å². The van der Waals surface area contributed by atoms with E-state index in [1.807, 2.05) is 37.4 Å². The highest BCUT2D eigenvalue weighted by atomic mass is 19.1. The Morgan fingerprint density at radius 1 is 1.16 bits per heavy atom.